The molecule has 0 saturated carbocycles. The molecular formula is C13H16N2O2S2. The zero-order chi connectivity index (χ0) is 13.8. The number of nitrogens with one attached hydrogen (secondary N) is 1. The first-order valence-electron chi connectivity index (χ1n) is 6.25. The van der Waals surface area contributed by atoms with Crippen molar-refractivity contribution >= 4 is 32.9 Å². The van der Waals surface area contributed by atoms with Crippen molar-refractivity contribution in [2.24, 2.45) is 0 Å². The Labute approximate surface area is 118 Å². The molecule has 0 aromatic heterocycles. The van der Waals surface area contributed by atoms with E-state index in [2.05, 4.69) is 11.4 Å². The van der Waals surface area contributed by atoms with Gasteiger partial charge < -0.3 is 10.2 Å². The number of sulfone groups is 1. The van der Waals surface area contributed by atoms with Crippen molar-refractivity contribution in [3.8, 4) is 0 Å². The highest BCUT2D eigenvalue weighted by Gasteiger charge is 2.47. The molecule has 2 atom stereocenters. The quantitative estimate of drug-likeness (QED) is 0.788. The Morgan fingerprint density at radius 2 is 2.05 bits per heavy atom. The summed E-state index contributed by atoms with van der Waals surface area (Å²) in [5, 5.41) is 3.78. The Hall–Kier alpha value is -1.14. The van der Waals surface area contributed by atoms with Gasteiger partial charge in [0.05, 0.1) is 23.6 Å². The highest BCUT2D eigenvalue weighted by Crippen LogP contribution is 2.32. The Balaban J connectivity index is 2.04. The summed E-state index contributed by atoms with van der Waals surface area (Å²) in [5.41, 5.74) is 3.27. The molecular weight excluding hydrogens is 280 g/mol. The number of thiocarbonyl (C=S) groups is 1. The zero-order valence-electron chi connectivity index (χ0n) is 10.9. The smallest absolute Gasteiger partial charge is 0.174 e. The Morgan fingerprint density at radius 3 is 2.79 bits per heavy atom. The van der Waals surface area contributed by atoms with E-state index in [-0.39, 0.29) is 23.6 Å². The lowest BCUT2D eigenvalue weighted by molar-refractivity contribution is 0.600. The van der Waals surface area contributed by atoms with Gasteiger partial charge in [0.1, 0.15) is 0 Å². The number of benzene rings is 1. The van der Waals surface area contributed by atoms with Crippen LogP contribution >= 0.6 is 12.2 Å². The van der Waals surface area contributed by atoms with Gasteiger partial charge in [-0.05, 0) is 43.3 Å². The molecule has 0 unspecified atom stereocenters. The Kier molecular flexibility index (Phi) is 2.83. The lowest BCUT2D eigenvalue weighted by Crippen LogP contribution is -2.37. The fourth-order valence-corrected chi connectivity index (χ4v) is 5.14. The number of nitrogens with zero attached hydrogens (tertiary/aromatic N) is 1. The normalized spacial score (nSPS) is 28.3. The Morgan fingerprint density at radius 1 is 1.32 bits per heavy atom. The van der Waals surface area contributed by atoms with E-state index in [0.717, 1.165) is 16.8 Å². The molecule has 0 radical (unpaired) electrons. The maximum atomic E-state index is 11.8. The first kappa shape index (κ1) is 12.9. The second-order valence-electron chi connectivity index (χ2n) is 5.36. The van der Waals surface area contributed by atoms with Gasteiger partial charge in [-0.2, -0.15) is 0 Å². The van der Waals surface area contributed by atoms with Crippen LogP contribution in [-0.4, -0.2) is 37.1 Å². The highest BCUT2D eigenvalue weighted by atomic mass is 32.2. The van der Waals surface area contributed by atoms with Crippen LogP contribution < -0.4 is 10.2 Å². The first-order valence-corrected chi connectivity index (χ1v) is 8.48. The van der Waals surface area contributed by atoms with Crippen molar-refractivity contribution in [1.29, 1.82) is 0 Å². The minimum absolute atomic E-state index is 0.0713. The lowest BCUT2D eigenvalue weighted by Gasteiger charge is -2.25. The van der Waals surface area contributed by atoms with Crippen LogP contribution in [0.25, 0.3) is 0 Å². The number of aryl methyl sites for hydroxylation is 2. The van der Waals surface area contributed by atoms with Crippen LogP contribution in [0.5, 0.6) is 0 Å². The summed E-state index contributed by atoms with van der Waals surface area (Å²) in [5.74, 6) is 0.358. The van der Waals surface area contributed by atoms with Gasteiger partial charge in [0, 0.05) is 5.69 Å². The van der Waals surface area contributed by atoms with E-state index in [0.29, 0.717) is 5.11 Å². The topological polar surface area (TPSA) is 49.4 Å². The van der Waals surface area contributed by atoms with Gasteiger partial charge in [0.25, 0.3) is 0 Å². The average Bonchev–Trinajstić information content (AvgIpc) is 2.73. The molecule has 19 heavy (non-hydrogen) atoms. The molecule has 0 bridgehead atoms. The second-order valence-corrected chi connectivity index (χ2v) is 7.90. The third-order valence-electron chi connectivity index (χ3n) is 3.81. The van der Waals surface area contributed by atoms with Crippen LogP contribution in [0.4, 0.5) is 5.69 Å². The van der Waals surface area contributed by atoms with Gasteiger partial charge in [-0.25, -0.2) is 8.42 Å². The predicted octanol–water partition coefficient (Wildman–Crippen LogP) is 1.16. The van der Waals surface area contributed by atoms with E-state index in [1.54, 1.807) is 0 Å². The molecule has 0 aliphatic carbocycles. The van der Waals surface area contributed by atoms with Crippen LogP contribution in [0.15, 0.2) is 18.2 Å². The number of hydrogen-bond acceptors (Lipinski definition) is 3. The maximum absolute atomic E-state index is 11.8. The van der Waals surface area contributed by atoms with Crippen molar-refractivity contribution in [2.45, 2.75) is 25.9 Å². The summed E-state index contributed by atoms with van der Waals surface area (Å²) in [6.07, 6.45) is 0. The minimum Gasteiger partial charge on any atom is -0.356 e. The summed E-state index contributed by atoms with van der Waals surface area (Å²) < 4.78 is 23.5. The lowest BCUT2D eigenvalue weighted by atomic mass is 10.1. The van der Waals surface area contributed by atoms with E-state index >= 15 is 0 Å². The van der Waals surface area contributed by atoms with Crippen LogP contribution in [0.1, 0.15) is 11.1 Å². The van der Waals surface area contributed by atoms with E-state index in [1.165, 1.54) is 0 Å². The van der Waals surface area contributed by atoms with Crippen LogP contribution in [0.2, 0.25) is 0 Å². The monoisotopic (exact) mass is 296 g/mol. The van der Waals surface area contributed by atoms with Gasteiger partial charge >= 0.3 is 0 Å². The fraction of sp³-hybridized carbons (Fsp3) is 0.462. The number of rotatable bonds is 1. The summed E-state index contributed by atoms with van der Waals surface area (Å²) in [4.78, 5) is 1.98. The molecule has 102 valence electrons. The molecule has 2 heterocycles. The molecule has 1 aromatic carbocycles. The molecule has 0 spiro atoms. The predicted molar refractivity (Wildman–Crippen MR) is 80.4 cm³/mol. The van der Waals surface area contributed by atoms with Crippen molar-refractivity contribution in [2.75, 3.05) is 16.4 Å². The largest absolute Gasteiger partial charge is 0.356 e. The summed E-state index contributed by atoms with van der Waals surface area (Å²) in [7, 11) is -2.96. The Bertz CT molecular complexity index is 655. The zero-order valence-corrected chi connectivity index (χ0v) is 12.5. The van der Waals surface area contributed by atoms with E-state index in [4.69, 9.17) is 12.2 Å². The standard InChI is InChI=1S/C13H16N2O2S2/c1-8-3-4-9(2)11(5-8)15-12-7-19(16,17)6-10(12)14-13(15)18/h3-5,10,12H,6-7H2,1-2H3,(H,14,18)/t10-,12+/m1/s1. The van der Waals surface area contributed by atoms with Crippen molar-refractivity contribution in [3.63, 3.8) is 0 Å². The molecule has 1 aromatic rings. The van der Waals surface area contributed by atoms with Gasteiger partial charge in [-0.15, -0.1) is 0 Å². The molecule has 1 N–H and O–H groups in total. The van der Waals surface area contributed by atoms with Gasteiger partial charge in [0.15, 0.2) is 14.9 Å². The van der Waals surface area contributed by atoms with Crippen LogP contribution in [0.3, 0.4) is 0 Å². The SMILES string of the molecule is Cc1ccc(C)c(N2C(=S)N[C@@H]3CS(=O)(=O)C[C@@H]32)c1. The fourth-order valence-electron chi connectivity index (χ4n) is 2.87. The molecule has 2 fully saturated rings. The first-order chi connectivity index (χ1) is 8.87. The van der Waals surface area contributed by atoms with E-state index in [9.17, 15) is 8.42 Å². The minimum atomic E-state index is -2.96. The van der Waals surface area contributed by atoms with Gasteiger partial charge in [-0.1, -0.05) is 12.1 Å². The molecule has 2 aliphatic rings. The average molecular weight is 296 g/mol. The molecule has 6 heteroatoms. The molecule has 3 rings (SSSR count). The van der Waals surface area contributed by atoms with Crippen LogP contribution in [-0.2, 0) is 9.84 Å². The van der Waals surface area contributed by atoms with Gasteiger partial charge in [-0.3, -0.25) is 0 Å². The second kappa shape index (κ2) is 4.18. The van der Waals surface area contributed by atoms with E-state index in [1.807, 2.05) is 30.9 Å². The van der Waals surface area contributed by atoms with Crippen molar-refractivity contribution in [1.82, 2.24) is 5.32 Å². The maximum Gasteiger partial charge on any atom is 0.174 e. The van der Waals surface area contributed by atoms with E-state index < -0.39 is 9.84 Å². The van der Waals surface area contributed by atoms with Gasteiger partial charge in [0.2, 0.25) is 0 Å². The number of anilines is 1. The molecule has 2 saturated heterocycles. The summed E-state index contributed by atoms with van der Waals surface area (Å²) >= 11 is 5.37. The van der Waals surface area contributed by atoms with Crippen LogP contribution in [0, 0.1) is 13.8 Å². The third kappa shape index (κ3) is 2.12. The molecule has 2 aliphatic heterocycles. The van der Waals surface area contributed by atoms with Crippen molar-refractivity contribution < 1.29 is 8.42 Å². The highest BCUT2D eigenvalue weighted by molar-refractivity contribution is 7.91. The summed E-state index contributed by atoms with van der Waals surface area (Å²) in [6.45, 7) is 4.05. The molecule has 0 amide bonds. The number of hydrogen-bond donors (Lipinski definition) is 1. The van der Waals surface area contributed by atoms with Crippen molar-refractivity contribution in [3.05, 3.63) is 29.3 Å². The number of fused-ring (bicyclic) bond motifs is 1. The third-order valence-corrected chi connectivity index (χ3v) is 5.84. The summed E-state index contributed by atoms with van der Waals surface area (Å²) in [6, 6.07) is 6.02. The molecule has 4 nitrogen and oxygen atoms in total.